The quantitative estimate of drug-likeness (QED) is 0.626. The van der Waals surface area contributed by atoms with Gasteiger partial charge in [-0.15, -0.1) is 0 Å². The van der Waals surface area contributed by atoms with Crippen LogP contribution in [0.25, 0.3) is 11.0 Å². The third kappa shape index (κ3) is 3.47. The highest BCUT2D eigenvalue weighted by Gasteiger charge is 2.10. The van der Waals surface area contributed by atoms with Crippen molar-refractivity contribution in [3.8, 4) is 5.75 Å². The minimum absolute atomic E-state index is 0.837. The Bertz CT molecular complexity index is 779. The van der Waals surface area contributed by atoms with Crippen molar-refractivity contribution in [3.05, 3.63) is 48.5 Å². The molecule has 120 valence electrons. The van der Waals surface area contributed by atoms with Crippen molar-refractivity contribution >= 4 is 22.7 Å². The van der Waals surface area contributed by atoms with E-state index in [1.165, 1.54) is 18.4 Å². The molecule has 0 saturated heterocycles. The third-order valence-corrected chi connectivity index (χ3v) is 3.97. The summed E-state index contributed by atoms with van der Waals surface area (Å²) >= 11 is 0. The first-order chi connectivity index (χ1) is 11.3. The minimum Gasteiger partial charge on any atom is -0.497 e. The van der Waals surface area contributed by atoms with Crippen molar-refractivity contribution < 1.29 is 4.74 Å². The first-order valence-corrected chi connectivity index (χ1v) is 8.18. The normalized spacial score (nSPS) is 10.9. The number of hydrogen-bond donors (Lipinski definition) is 1. The smallest absolute Gasteiger partial charge is 0.208 e. The Morgan fingerprint density at radius 1 is 1.09 bits per heavy atom. The lowest BCUT2D eigenvalue weighted by molar-refractivity contribution is 0.415. The van der Waals surface area contributed by atoms with Gasteiger partial charge in [-0.2, -0.15) is 0 Å². The van der Waals surface area contributed by atoms with Gasteiger partial charge in [0.2, 0.25) is 5.95 Å². The van der Waals surface area contributed by atoms with Crippen LogP contribution in [0.15, 0.2) is 48.5 Å². The third-order valence-electron chi connectivity index (χ3n) is 3.97. The van der Waals surface area contributed by atoms with E-state index in [0.717, 1.165) is 35.9 Å². The number of benzene rings is 2. The molecule has 0 amide bonds. The van der Waals surface area contributed by atoms with Crippen LogP contribution in [0.3, 0.4) is 0 Å². The maximum absolute atomic E-state index is 5.29. The molecule has 1 N–H and O–H groups in total. The molecule has 0 fully saturated rings. The Hall–Kier alpha value is -2.49. The number of aryl methyl sites for hydroxylation is 1. The highest BCUT2D eigenvalue weighted by atomic mass is 16.5. The van der Waals surface area contributed by atoms with Gasteiger partial charge < -0.3 is 14.6 Å². The minimum atomic E-state index is 0.837. The second-order valence-electron chi connectivity index (χ2n) is 5.64. The highest BCUT2D eigenvalue weighted by molar-refractivity contribution is 5.79. The molecule has 0 radical (unpaired) electrons. The van der Waals surface area contributed by atoms with E-state index in [-0.39, 0.29) is 0 Å². The molecule has 3 aromatic rings. The molecule has 0 aliphatic carbocycles. The van der Waals surface area contributed by atoms with Crippen molar-refractivity contribution in [1.29, 1.82) is 0 Å². The van der Waals surface area contributed by atoms with Gasteiger partial charge in [-0.3, -0.25) is 0 Å². The Labute approximate surface area is 137 Å². The number of unbranched alkanes of at least 4 members (excludes halogenated alkanes) is 2. The molecule has 2 aromatic carbocycles. The average Bonchev–Trinajstić information content (AvgIpc) is 2.93. The maximum Gasteiger partial charge on any atom is 0.208 e. The van der Waals surface area contributed by atoms with Gasteiger partial charge in [-0.1, -0.05) is 38.0 Å². The van der Waals surface area contributed by atoms with E-state index >= 15 is 0 Å². The molecule has 3 rings (SSSR count). The van der Waals surface area contributed by atoms with Crippen molar-refractivity contribution in [3.63, 3.8) is 0 Å². The van der Waals surface area contributed by atoms with E-state index < -0.39 is 0 Å². The molecule has 0 aliphatic heterocycles. The fourth-order valence-electron chi connectivity index (χ4n) is 2.75. The van der Waals surface area contributed by atoms with Gasteiger partial charge in [0.25, 0.3) is 0 Å². The van der Waals surface area contributed by atoms with Crippen molar-refractivity contribution in [2.24, 2.45) is 0 Å². The number of hydrogen-bond acceptors (Lipinski definition) is 3. The molecule has 0 unspecified atom stereocenters. The molecule has 0 bridgehead atoms. The number of nitrogens with one attached hydrogen (secondary N) is 1. The number of fused-ring (bicyclic) bond motifs is 1. The summed E-state index contributed by atoms with van der Waals surface area (Å²) in [7, 11) is 1.68. The second kappa shape index (κ2) is 7.18. The molecular formula is C19H23N3O. The largest absolute Gasteiger partial charge is 0.497 e. The zero-order valence-electron chi connectivity index (χ0n) is 13.7. The van der Waals surface area contributed by atoms with Crippen LogP contribution in [0.4, 0.5) is 11.6 Å². The summed E-state index contributed by atoms with van der Waals surface area (Å²) in [5.74, 6) is 1.72. The molecule has 23 heavy (non-hydrogen) atoms. The Kier molecular flexibility index (Phi) is 4.81. The number of anilines is 2. The van der Waals surface area contributed by atoms with Gasteiger partial charge in [-0.25, -0.2) is 4.98 Å². The van der Waals surface area contributed by atoms with Gasteiger partial charge in [0.05, 0.1) is 18.1 Å². The molecule has 1 heterocycles. The van der Waals surface area contributed by atoms with E-state index in [9.17, 15) is 0 Å². The number of aromatic nitrogens is 2. The van der Waals surface area contributed by atoms with Crippen LogP contribution in [0.5, 0.6) is 5.75 Å². The number of para-hydroxylation sites is 2. The summed E-state index contributed by atoms with van der Waals surface area (Å²) < 4.78 is 7.56. The van der Waals surface area contributed by atoms with Crippen LogP contribution in [0, 0.1) is 0 Å². The van der Waals surface area contributed by atoms with Crippen LogP contribution in [0.2, 0.25) is 0 Å². The molecular weight excluding hydrogens is 286 g/mol. The molecule has 1 aromatic heterocycles. The van der Waals surface area contributed by atoms with Crippen LogP contribution >= 0.6 is 0 Å². The van der Waals surface area contributed by atoms with Crippen LogP contribution in [-0.4, -0.2) is 16.7 Å². The number of methoxy groups -OCH3 is 1. The van der Waals surface area contributed by atoms with Crippen LogP contribution < -0.4 is 10.1 Å². The molecule has 4 heteroatoms. The van der Waals surface area contributed by atoms with E-state index in [4.69, 9.17) is 9.72 Å². The second-order valence-corrected chi connectivity index (χ2v) is 5.64. The first-order valence-electron chi connectivity index (χ1n) is 8.18. The lowest BCUT2D eigenvalue weighted by Gasteiger charge is -2.11. The van der Waals surface area contributed by atoms with Gasteiger partial charge >= 0.3 is 0 Å². The summed E-state index contributed by atoms with van der Waals surface area (Å²) in [5, 5.41) is 3.44. The number of ether oxygens (including phenoxy) is 1. The van der Waals surface area contributed by atoms with E-state index in [1.54, 1.807) is 7.11 Å². The molecule has 0 aliphatic rings. The summed E-state index contributed by atoms with van der Waals surface area (Å²) in [5.41, 5.74) is 3.18. The van der Waals surface area contributed by atoms with Gasteiger partial charge in [0.15, 0.2) is 0 Å². The average molecular weight is 309 g/mol. The van der Waals surface area contributed by atoms with Crippen molar-refractivity contribution in [1.82, 2.24) is 9.55 Å². The summed E-state index contributed by atoms with van der Waals surface area (Å²) in [6.07, 6.45) is 3.60. The maximum atomic E-state index is 5.29. The van der Waals surface area contributed by atoms with Crippen LogP contribution in [0.1, 0.15) is 26.2 Å². The fourth-order valence-corrected chi connectivity index (χ4v) is 2.75. The number of imidazole rings is 1. The fraction of sp³-hybridized carbons (Fsp3) is 0.316. The molecule has 4 nitrogen and oxygen atoms in total. The SMILES string of the molecule is CCCCCn1c(Nc2cccc(OC)c2)nc2ccccc21. The van der Waals surface area contributed by atoms with E-state index in [0.29, 0.717) is 0 Å². The lowest BCUT2D eigenvalue weighted by atomic mass is 10.2. The van der Waals surface area contributed by atoms with Crippen molar-refractivity contribution in [2.75, 3.05) is 12.4 Å². The highest BCUT2D eigenvalue weighted by Crippen LogP contribution is 2.25. The van der Waals surface area contributed by atoms with Gasteiger partial charge in [-0.05, 0) is 30.7 Å². The topological polar surface area (TPSA) is 39.1 Å². The zero-order chi connectivity index (χ0) is 16.1. The predicted molar refractivity (Wildman–Crippen MR) is 95.5 cm³/mol. The van der Waals surface area contributed by atoms with Gasteiger partial charge in [0, 0.05) is 18.3 Å². The predicted octanol–water partition coefficient (Wildman–Crippen LogP) is 4.98. The Morgan fingerprint density at radius 3 is 2.78 bits per heavy atom. The Balaban J connectivity index is 1.93. The zero-order valence-corrected chi connectivity index (χ0v) is 13.7. The number of rotatable bonds is 7. The standard InChI is InChI=1S/C19H23N3O/c1-3-4-7-13-22-18-12-6-5-11-17(18)21-19(22)20-15-9-8-10-16(14-15)23-2/h5-6,8-12,14H,3-4,7,13H2,1-2H3,(H,20,21). The summed E-state index contributed by atoms with van der Waals surface area (Å²) in [6.45, 7) is 3.20. The monoisotopic (exact) mass is 309 g/mol. The summed E-state index contributed by atoms with van der Waals surface area (Å²) in [4.78, 5) is 4.75. The van der Waals surface area contributed by atoms with E-state index in [1.807, 2.05) is 30.3 Å². The number of nitrogens with zero attached hydrogens (tertiary/aromatic N) is 2. The Morgan fingerprint density at radius 2 is 1.96 bits per heavy atom. The van der Waals surface area contributed by atoms with Crippen LogP contribution in [-0.2, 0) is 6.54 Å². The first kappa shape index (κ1) is 15.4. The van der Waals surface area contributed by atoms with Crippen molar-refractivity contribution in [2.45, 2.75) is 32.7 Å². The molecule has 0 saturated carbocycles. The van der Waals surface area contributed by atoms with E-state index in [2.05, 4.69) is 35.0 Å². The summed E-state index contributed by atoms with van der Waals surface area (Å²) in [6, 6.07) is 16.2. The lowest BCUT2D eigenvalue weighted by Crippen LogP contribution is -2.04. The molecule has 0 spiro atoms. The molecule has 0 atom stereocenters. The van der Waals surface area contributed by atoms with Gasteiger partial charge in [0.1, 0.15) is 5.75 Å².